The first-order valence-electron chi connectivity index (χ1n) is 23.9. The number of aromatic nitrogens is 6. The molecule has 17 nitrogen and oxygen atoms in total. The fourth-order valence-corrected chi connectivity index (χ4v) is 9.90. The molecule has 0 unspecified atom stereocenters. The molecule has 0 aliphatic rings. The second-order valence-corrected chi connectivity index (χ2v) is 19.0. The van der Waals surface area contributed by atoms with Crippen LogP contribution in [0.1, 0.15) is 38.1 Å². The molecule has 0 spiro atoms. The normalized spacial score (nSPS) is 10.7. The van der Waals surface area contributed by atoms with Crippen molar-refractivity contribution in [2.75, 3.05) is 21.7 Å². The van der Waals surface area contributed by atoms with Crippen LogP contribution < -0.4 is 31.2 Å². The van der Waals surface area contributed by atoms with E-state index in [1.807, 2.05) is 50.8 Å². The molecule has 10 rings (SSSR count). The summed E-state index contributed by atoms with van der Waals surface area (Å²) in [6.45, 7) is 9.90. The zero-order valence-electron chi connectivity index (χ0n) is 41.9. The maximum atomic E-state index is 14.9. The maximum absolute atomic E-state index is 14.9. The van der Waals surface area contributed by atoms with Crippen LogP contribution in [0.4, 0.5) is 31.5 Å². The number of nitrogens with two attached hydrogens (primary N) is 1. The number of carbonyl (C=O) groups excluding carboxylic acids is 3. The van der Waals surface area contributed by atoms with E-state index >= 15 is 0 Å². The molecule has 0 aliphatic heterocycles. The second-order valence-electron chi connectivity index (χ2n) is 16.9. The largest absolute Gasteiger partial charge is 0.481 e. The summed E-state index contributed by atoms with van der Waals surface area (Å²) in [4.78, 5) is 65.3. The van der Waals surface area contributed by atoms with E-state index in [1.54, 1.807) is 79.1 Å². The smallest absolute Gasteiger partial charge is 0.312 e. The molecule has 4 aromatic carbocycles. The number of aryl methyl sites for hydroxylation is 2. The van der Waals surface area contributed by atoms with Crippen molar-refractivity contribution < 1.29 is 42.5 Å². The summed E-state index contributed by atoms with van der Waals surface area (Å²) in [5.74, 6) is -2.68. The number of ether oxygens (including phenoxy) is 2. The molecule has 0 aliphatic carbocycles. The van der Waals surface area contributed by atoms with E-state index in [1.165, 1.54) is 46.9 Å². The number of halogens is 2. The molecular weight excluding hydrogens is 1030 g/mol. The van der Waals surface area contributed by atoms with E-state index in [0.717, 1.165) is 72.1 Å². The van der Waals surface area contributed by atoms with Gasteiger partial charge >= 0.3 is 5.97 Å². The van der Waals surface area contributed by atoms with Crippen molar-refractivity contribution in [3.05, 3.63) is 169 Å². The van der Waals surface area contributed by atoms with Crippen molar-refractivity contribution in [2.45, 2.75) is 53.6 Å². The number of imidazole rings is 2. The highest BCUT2D eigenvalue weighted by atomic mass is 32.1. The van der Waals surface area contributed by atoms with Crippen molar-refractivity contribution in [2.24, 2.45) is 0 Å². The summed E-state index contributed by atoms with van der Waals surface area (Å²) in [5.41, 5.74) is 12.9. The van der Waals surface area contributed by atoms with E-state index < -0.39 is 48.2 Å². The lowest BCUT2D eigenvalue weighted by Crippen LogP contribution is -2.21. The first-order valence-corrected chi connectivity index (χ1v) is 25.5. The van der Waals surface area contributed by atoms with Crippen LogP contribution in [-0.4, -0.2) is 57.9 Å². The highest BCUT2D eigenvalue weighted by molar-refractivity contribution is 7.23. The van der Waals surface area contributed by atoms with Crippen molar-refractivity contribution in [1.82, 2.24) is 29.1 Å². The van der Waals surface area contributed by atoms with Gasteiger partial charge in [-0.1, -0.05) is 36.4 Å². The van der Waals surface area contributed by atoms with Crippen LogP contribution in [-0.2, 0) is 32.3 Å². The average Bonchev–Trinajstić information content (AvgIpc) is 4.22. The number of rotatable bonds is 15. The lowest BCUT2D eigenvalue weighted by Gasteiger charge is -2.10. The Labute approximate surface area is 448 Å². The predicted molar refractivity (Wildman–Crippen MR) is 296 cm³/mol. The number of amides is 3. The van der Waals surface area contributed by atoms with E-state index in [0.29, 0.717) is 28.6 Å². The molecule has 77 heavy (non-hydrogen) atoms. The van der Waals surface area contributed by atoms with Crippen molar-refractivity contribution >= 4 is 89.5 Å². The number of hydrogen-bond donors (Lipinski definition) is 5. The van der Waals surface area contributed by atoms with E-state index in [2.05, 4.69) is 58.9 Å². The summed E-state index contributed by atoms with van der Waals surface area (Å²) < 4.78 is 46.5. The van der Waals surface area contributed by atoms with Crippen LogP contribution in [0.25, 0.3) is 41.6 Å². The number of para-hydroxylation sites is 2. The van der Waals surface area contributed by atoms with Crippen LogP contribution in [0, 0.1) is 25.5 Å². The molecule has 21 heteroatoms. The zero-order valence-corrected chi connectivity index (χ0v) is 43.5. The van der Waals surface area contributed by atoms with Gasteiger partial charge in [-0.05, 0) is 88.4 Å². The number of aliphatic carboxylic acids is 1. The van der Waals surface area contributed by atoms with E-state index in [-0.39, 0.29) is 17.2 Å². The number of thiophene rings is 2. The third-order valence-corrected chi connectivity index (χ3v) is 13.7. The van der Waals surface area contributed by atoms with Gasteiger partial charge in [0, 0.05) is 83.9 Å². The molecule has 6 heterocycles. The van der Waals surface area contributed by atoms with Gasteiger partial charge in [0.25, 0.3) is 0 Å². The molecule has 6 N–H and O–H groups in total. The number of fused-ring (bicyclic) bond motifs is 2. The van der Waals surface area contributed by atoms with Gasteiger partial charge in [0.1, 0.15) is 35.7 Å². The quantitative estimate of drug-likeness (QED) is 0.0477. The Kier molecular flexibility index (Phi) is 17.4. The molecule has 0 bridgehead atoms. The number of anilines is 4. The predicted octanol–water partition coefficient (Wildman–Crippen LogP) is 12.5. The van der Waals surface area contributed by atoms with E-state index in [9.17, 15) is 28.0 Å². The highest BCUT2D eigenvalue weighted by Crippen LogP contribution is 2.42. The lowest BCUT2D eigenvalue weighted by molar-refractivity contribution is -0.139. The Hall–Kier alpha value is -9.34. The minimum absolute atomic E-state index is 0.00119. The Morgan fingerprint density at radius 3 is 1.43 bits per heavy atom. The van der Waals surface area contributed by atoms with Crippen LogP contribution in [0.3, 0.4) is 0 Å². The van der Waals surface area contributed by atoms with Crippen LogP contribution in [0.5, 0.6) is 23.0 Å². The highest BCUT2D eigenvalue weighted by Gasteiger charge is 2.19. The van der Waals surface area contributed by atoms with Crippen LogP contribution in [0.2, 0.25) is 0 Å². The number of nitrogens with one attached hydrogen (secondary N) is 3. The van der Waals surface area contributed by atoms with Crippen LogP contribution >= 0.6 is 22.7 Å². The summed E-state index contributed by atoms with van der Waals surface area (Å²) in [5, 5.41) is 15.9. The maximum Gasteiger partial charge on any atom is 0.312 e. The van der Waals surface area contributed by atoms with Crippen LogP contribution in [0.15, 0.2) is 146 Å². The SMILES string of the molecule is CCn1cnc(-c2cc3nccc(Oc4ccc(N)cc4F)c3s2)c1C.CCn1cnc(-c2cc3nccc(Oc4ccc(NC(=O)CC(=O)Nc5ccccc5)cc4F)c3s2)c1C.O=C(O)CC(=O)Nc1ccccc1. The number of nitrogen functional groups attached to an aromatic ring is 1. The van der Waals surface area contributed by atoms with Gasteiger partial charge in [-0.3, -0.25) is 29.1 Å². The molecule has 3 amide bonds. The standard InChI is InChI=1S/C28H24FN5O3S.C19H17FN4OS.C9H9NO3/c1-3-34-16-31-27(17(34)2)24-14-21-28(38-24)23(11-12-30-21)37-22-10-9-19(13-20(22)29)33-26(36)15-25(35)32-18-7-5-4-6-8-18;1-3-24-10-23-18(11(24)2)17-9-14-19(26-17)16(6-7-22-14)25-15-5-4-12(21)8-13(15)20;11-8(6-9(12)13)10-7-4-2-1-3-5-7/h4-14,16H,3,15H2,1-2H3,(H,32,35)(H,33,36);4-10H,3,21H2,1-2H3;1-5H,6H2,(H,10,11)(H,12,13). The molecule has 0 atom stereocenters. The summed E-state index contributed by atoms with van der Waals surface area (Å²) in [7, 11) is 0. The number of pyridine rings is 2. The van der Waals surface area contributed by atoms with E-state index in [4.69, 9.17) is 20.3 Å². The molecular formula is C56H50F2N10O7S2. The number of carboxylic acid groups (broad SMARTS) is 1. The number of carboxylic acids is 1. The average molecular weight is 1080 g/mol. The lowest BCUT2D eigenvalue weighted by atomic mass is 10.2. The van der Waals surface area contributed by atoms with Gasteiger partial charge in [-0.2, -0.15) is 0 Å². The Bertz CT molecular complexity index is 3730. The van der Waals surface area contributed by atoms with Crippen molar-refractivity contribution in [3.63, 3.8) is 0 Å². The minimum Gasteiger partial charge on any atom is -0.481 e. The molecule has 0 radical (unpaired) electrons. The number of nitrogens with zero attached hydrogens (tertiary/aromatic N) is 6. The molecule has 6 aromatic heterocycles. The first-order chi connectivity index (χ1) is 37.2. The third-order valence-electron chi connectivity index (χ3n) is 11.5. The molecule has 392 valence electrons. The topological polar surface area (TPSA) is 230 Å². The Morgan fingerprint density at radius 2 is 1.00 bits per heavy atom. The number of hydrogen-bond acceptors (Lipinski definition) is 13. The monoisotopic (exact) mass is 1080 g/mol. The van der Waals surface area contributed by atoms with Gasteiger partial charge in [-0.15, -0.1) is 22.7 Å². The molecule has 0 fully saturated rings. The first kappa shape index (κ1) is 53.9. The Balaban J connectivity index is 0.000000173. The van der Waals surface area contributed by atoms with Gasteiger partial charge < -0.3 is 45.4 Å². The van der Waals surface area contributed by atoms with Crippen molar-refractivity contribution in [1.29, 1.82) is 0 Å². The van der Waals surface area contributed by atoms with Gasteiger partial charge in [-0.25, -0.2) is 18.7 Å². The minimum atomic E-state index is -1.13. The zero-order chi connectivity index (χ0) is 54.6. The summed E-state index contributed by atoms with van der Waals surface area (Å²) in [6, 6.07) is 33.4. The number of benzene rings is 4. The third kappa shape index (κ3) is 13.7. The molecule has 10 aromatic rings. The van der Waals surface area contributed by atoms with Gasteiger partial charge in [0.15, 0.2) is 23.1 Å². The summed E-state index contributed by atoms with van der Waals surface area (Å²) >= 11 is 3.01. The van der Waals surface area contributed by atoms with Gasteiger partial charge in [0.05, 0.1) is 42.8 Å². The van der Waals surface area contributed by atoms with Crippen molar-refractivity contribution in [3.8, 4) is 44.1 Å². The number of carbonyl (C=O) groups is 4. The summed E-state index contributed by atoms with van der Waals surface area (Å²) in [6.07, 6.45) is 6.00. The molecule has 0 saturated heterocycles. The molecule has 0 saturated carbocycles. The Morgan fingerprint density at radius 1 is 0.558 bits per heavy atom. The fourth-order valence-electron chi connectivity index (χ4n) is 7.67. The fraction of sp³-hybridized carbons (Fsp3) is 0.143. The van der Waals surface area contributed by atoms with Gasteiger partial charge in [0.2, 0.25) is 17.7 Å². The second kappa shape index (κ2) is 24.8.